The summed E-state index contributed by atoms with van der Waals surface area (Å²) in [5.74, 6) is -0.158. The molecule has 1 aliphatic rings. The maximum Gasteiger partial charge on any atom is 0.351 e. The molecule has 24 heavy (non-hydrogen) atoms. The van der Waals surface area contributed by atoms with Crippen LogP contribution < -0.4 is 11.0 Å². The lowest BCUT2D eigenvalue weighted by molar-refractivity contribution is -0.0216. The van der Waals surface area contributed by atoms with Gasteiger partial charge in [0, 0.05) is 18.2 Å². The van der Waals surface area contributed by atoms with E-state index in [1.165, 1.54) is 16.8 Å². The van der Waals surface area contributed by atoms with E-state index in [1.54, 1.807) is 24.3 Å². The number of nitrogens with zero attached hydrogens (tertiary/aromatic N) is 2. The van der Waals surface area contributed by atoms with Crippen LogP contribution in [0.5, 0.6) is 0 Å². The van der Waals surface area contributed by atoms with Gasteiger partial charge in [-0.1, -0.05) is 25.1 Å². The van der Waals surface area contributed by atoms with Gasteiger partial charge in [0.25, 0.3) is 5.91 Å². The number of ether oxygens (including phenoxy) is 1. The van der Waals surface area contributed by atoms with Gasteiger partial charge in [-0.3, -0.25) is 9.36 Å². The SMILES string of the molecule is CC[C@H]1O[C@@H](n2ccc(NC(=O)c3ccccc3)nc2=O)C[C@@H]1O. The Morgan fingerprint density at radius 3 is 2.75 bits per heavy atom. The zero-order valence-corrected chi connectivity index (χ0v) is 13.3. The van der Waals surface area contributed by atoms with Crippen molar-refractivity contribution in [3.05, 3.63) is 58.6 Å². The Kier molecular flexibility index (Phi) is 4.73. The van der Waals surface area contributed by atoms with Crippen LogP contribution in [0.1, 0.15) is 36.4 Å². The van der Waals surface area contributed by atoms with Gasteiger partial charge >= 0.3 is 5.69 Å². The van der Waals surface area contributed by atoms with Crippen LogP contribution in [0.15, 0.2) is 47.4 Å². The zero-order valence-electron chi connectivity index (χ0n) is 13.3. The van der Waals surface area contributed by atoms with Gasteiger partial charge in [0.15, 0.2) is 0 Å². The quantitative estimate of drug-likeness (QED) is 0.888. The minimum atomic E-state index is -0.593. The predicted molar refractivity (Wildman–Crippen MR) is 87.7 cm³/mol. The number of aromatic nitrogens is 2. The molecular formula is C17H19N3O4. The minimum Gasteiger partial charge on any atom is -0.390 e. The normalized spacial score (nSPS) is 23.2. The van der Waals surface area contributed by atoms with Gasteiger partial charge in [-0.2, -0.15) is 4.98 Å². The molecule has 1 aromatic heterocycles. The molecule has 126 valence electrons. The summed E-state index contributed by atoms with van der Waals surface area (Å²) in [5.41, 5.74) is -0.0497. The fourth-order valence-electron chi connectivity index (χ4n) is 2.73. The van der Waals surface area contributed by atoms with Crippen molar-refractivity contribution < 1.29 is 14.6 Å². The van der Waals surface area contributed by atoms with Crippen LogP contribution in [0.4, 0.5) is 5.82 Å². The van der Waals surface area contributed by atoms with Gasteiger partial charge in [0.2, 0.25) is 0 Å². The first-order valence-corrected chi connectivity index (χ1v) is 7.87. The Labute approximate surface area is 138 Å². The van der Waals surface area contributed by atoms with E-state index in [0.717, 1.165) is 0 Å². The van der Waals surface area contributed by atoms with Gasteiger partial charge in [-0.15, -0.1) is 0 Å². The second-order valence-corrected chi connectivity index (χ2v) is 5.66. The summed E-state index contributed by atoms with van der Waals surface area (Å²) in [6, 6.07) is 10.2. The zero-order chi connectivity index (χ0) is 17.1. The van der Waals surface area contributed by atoms with Crippen LogP contribution >= 0.6 is 0 Å². The van der Waals surface area contributed by atoms with Gasteiger partial charge in [0.1, 0.15) is 12.0 Å². The highest BCUT2D eigenvalue weighted by Crippen LogP contribution is 2.29. The predicted octanol–water partition coefficient (Wildman–Crippen LogP) is 1.55. The first-order chi connectivity index (χ1) is 11.6. The Morgan fingerprint density at radius 2 is 2.12 bits per heavy atom. The topological polar surface area (TPSA) is 93.5 Å². The third-order valence-electron chi connectivity index (χ3n) is 4.02. The highest BCUT2D eigenvalue weighted by molar-refractivity contribution is 6.03. The molecule has 3 atom stereocenters. The summed E-state index contributed by atoms with van der Waals surface area (Å²) in [6.07, 6.45) is 1.12. The number of hydrogen-bond donors (Lipinski definition) is 2. The second kappa shape index (κ2) is 6.94. The van der Waals surface area contributed by atoms with Crippen LogP contribution in [0.25, 0.3) is 0 Å². The van der Waals surface area contributed by atoms with E-state index in [9.17, 15) is 14.7 Å². The fourth-order valence-corrected chi connectivity index (χ4v) is 2.73. The monoisotopic (exact) mass is 329 g/mol. The maximum atomic E-state index is 12.2. The van der Waals surface area contributed by atoms with E-state index >= 15 is 0 Å². The summed E-state index contributed by atoms with van der Waals surface area (Å²) in [6.45, 7) is 1.92. The van der Waals surface area contributed by atoms with E-state index in [0.29, 0.717) is 18.4 Å². The average molecular weight is 329 g/mol. The largest absolute Gasteiger partial charge is 0.390 e. The smallest absolute Gasteiger partial charge is 0.351 e. The van der Waals surface area contributed by atoms with Crippen molar-refractivity contribution in [1.29, 1.82) is 0 Å². The number of hydrogen-bond acceptors (Lipinski definition) is 5. The molecular weight excluding hydrogens is 310 g/mol. The fraction of sp³-hybridized carbons (Fsp3) is 0.353. The Balaban J connectivity index is 1.74. The van der Waals surface area contributed by atoms with Crippen molar-refractivity contribution in [2.45, 2.75) is 38.2 Å². The van der Waals surface area contributed by atoms with E-state index in [1.807, 2.05) is 13.0 Å². The molecule has 0 saturated carbocycles. The molecule has 0 spiro atoms. The van der Waals surface area contributed by atoms with Crippen LogP contribution in [-0.4, -0.2) is 32.8 Å². The lowest BCUT2D eigenvalue weighted by Crippen LogP contribution is -2.28. The number of aliphatic hydroxyl groups excluding tert-OH is 1. The lowest BCUT2D eigenvalue weighted by atomic mass is 10.1. The maximum absolute atomic E-state index is 12.2. The molecule has 0 radical (unpaired) electrons. The average Bonchev–Trinajstić information content (AvgIpc) is 2.96. The number of carbonyl (C=O) groups is 1. The Hall–Kier alpha value is -2.51. The molecule has 7 nitrogen and oxygen atoms in total. The van der Waals surface area contributed by atoms with E-state index in [4.69, 9.17) is 4.74 Å². The van der Waals surface area contributed by atoms with Crippen molar-refractivity contribution in [2.24, 2.45) is 0 Å². The molecule has 0 aliphatic carbocycles. The van der Waals surface area contributed by atoms with Crippen molar-refractivity contribution >= 4 is 11.7 Å². The Bertz CT molecular complexity index is 775. The van der Waals surface area contributed by atoms with Crippen LogP contribution in [0.3, 0.4) is 0 Å². The third-order valence-corrected chi connectivity index (χ3v) is 4.02. The van der Waals surface area contributed by atoms with Gasteiger partial charge in [-0.05, 0) is 24.6 Å². The molecule has 3 rings (SSSR count). The lowest BCUT2D eigenvalue weighted by Gasteiger charge is -2.15. The summed E-state index contributed by atoms with van der Waals surface area (Å²) < 4.78 is 7.00. The standard InChI is InChI=1S/C17H19N3O4/c1-2-13-12(21)10-15(24-13)20-9-8-14(19-17(20)23)18-16(22)11-6-4-3-5-7-11/h3-9,12-13,15,21H,2,10H2,1H3,(H,18,19,22,23)/t12-,13+,15+/m0/s1. The summed E-state index contributed by atoms with van der Waals surface area (Å²) in [4.78, 5) is 28.1. The highest BCUT2D eigenvalue weighted by Gasteiger charge is 2.34. The Morgan fingerprint density at radius 1 is 1.38 bits per heavy atom. The van der Waals surface area contributed by atoms with Gasteiger partial charge < -0.3 is 15.2 Å². The van der Waals surface area contributed by atoms with E-state index in [2.05, 4.69) is 10.3 Å². The number of aliphatic hydroxyl groups is 1. The molecule has 1 amide bonds. The molecule has 1 saturated heterocycles. The van der Waals surface area contributed by atoms with Crippen LogP contribution in [0, 0.1) is 0 Å². The van der Waals surface area contributed by atoms with Crippen molar-refractivity contribution in [2.75, 3.05) is 5.32 Å². The number of amides is 1. The molecule has 2 heterocycles. The number of rotatable bonds is 4. The first kappa shape index (κ1) is 16.4. The van der Waals surface area contributed by atoms with Gasteiger partial charge in [0.05, 0.1) is 12.2 Å². The van der Waals surface area contributed by atoms with Crippen LogP contribution in [-0.2, 0) is 4.74 Å². The number of carbonyl (C=O) groups excluding carboxylic acids is 1. The number of anilines is 1. The van der Waals surface area contributed by atoms with Gasteiger partial charge in [-0.25, -0.2) is 4.79 Å². The van der Waals surface area contributed by atoms with Crippen molar-refractivity contribution in [3.63, 3.8) is 0 Å². The molecule has 0 bridgehead atoms. The molecule has 2 aromatic rings. The first-order valence-electron chi connectivity index (χ1n) is 7.87. The van der Waals surface area contributed by atoms with Crippen molar-refractivity contribution in [1.82, 2.24) is 9.55 Å². The van der Waals surface area contributed by atoms with E-state index < -0.39 is 18.0 Å². The summed E-state index contributed by atoms with van der Waals surface area (Å²) in [5, 5.41) is 12.5. The molecule has 7 heteroatoms. The highest BCUT2D eigenvalue weighted by atomic mass is 16.5. The third kappa shape index (κ3) is 3.37. The number of nitrogens with one attached hydrogen (secondary N) is 1. The van der Waals surface area contributed by atoms with Crippen molar-refractivity contribution in [3.8, 4) is 0 Å². The molecule has 1 fully saturated rings. The summed E-state index contributed by atoms with van der Waals surface area (Å²) in [7, 11) is 0. The van der Waals surface area contributed by atoms with E-state index in [-0.39, 0.29) is 17.8 Å². The molecule has 1 aliphatic heterocycles. The minimum absolute atomic E-state index is 0.177. The number of benzene rings is 1. The molecule has 0 unspecified atom stereocenters. The molecule has 2 N–H and O–H groups in total. The van der Waals surface area contributed by atoms with Crippen LogP contribution in [0.2, 0.25) is 0 Å². The molecule has 1 aromatic carbocycles. The summed E-state index contributed by atoms with van der Waals surface area (Å²) >= 11 is 0. The second-order valence-electron chi connectivity index (χ2n) is 5.66.